The maximum Gasteiger partial charge on any atom is 0.328 e. The number of carbonyl (C=O) groups excluding carboxylic acids is 2. The van der Waals surface area contributed by atoms with Crippen molar-refractivity contribution in [2.24, 2.45) is 0 Å². The second-order valence-electron chi connectivity index (χ2n) is 4.60. The van der Waals surface area contributed by atoms with Crippen molar-refractivity contribution in [3.63, 3.8) is 0 Å². The molecule has 2 rings (SSSR count). The van der Waals surface area contributed by atoms with E-state index in [1.807, 2.05) is 25.3 Å². The second-order valence-corrected chi connectivity index (χ2v) is 5.51. The zero-order valence-corrected chi connectivity index (χ0v) is 11.1. The van der Waals surface area contributed by atoms with E-state index >= 15 is 0 Å². The zero-order valence-electron chi connectivity index (χ0n) is 10.3. The van der Waals surface area contributed by atoms with Crippen LogP contribution < -0.4 is 0 Å². The Morgan fingerprint density at radius 3 is 2.71 bits per heavy atom. The number of nitrogens with zero attached hydrogens (tertiary/aromatic N) is 1. The number of ether oxygens (including phenoxy) is 1. The Morgan fingerprint density at radius 1 is 1.53 bits per heavy atom. The molecule has 0 saturated carbocycles. The highest BCUT2D eigenvalue weighted by atomic mass is 32.1. The molecule has 2 heterocycles. The molecule has 17 heavy (non-hydrogen) atoms. The normalized spacial score (nSPS) is 19.1. The molecule has 0 saturated heterocycles. The van der Waals surface area contributed by atoms with Gasteiger partial charge in [-0.3, -0.25) is 4.79 Å². The standard InChI is InChI=1S/C12H15NO3S/c1-7(11(15)16-4)13-10(14)8-5-6-17-9(8)12(13,2)3/h5-7H,1-4H3. The van der Waals surface area contributed by atoms with Gasteiger partial charge in [-0.25, -0.2) is 4.79 Å². The SMILES string of the molecule is COC(=O)C(C)N1C(=O)c2ccsc2C1(C)C. The monoisotopic (exact) mass is 253 g/mol. The first-order chi connectivity index (χ1) is 7.91. The van der Waals surface area contributed by atoms with Crippen LogP contribution in [-0.4, -0.2) is 29.9 Å². The Kier molecular flexibility index (Phi) is 2.73. The number of fused-ring (bicyclic) bond motifs is 1. The maximum atomic E-state index is 12.3. The topological polar surface area (TPSA) is 46.6 Å². The molecule has 1 amide bonds. The Hall–Kier alpha value is -1.36. The Balaban J connectivity index is 2.42. The van der Waals surface area contributed by atoms with Crippen molar-refractivity contribution in [1.82, 2.24) is 4.90 Å². The summed E-state index contributed by atoms with van der Waals surface area (Å²) in [5.74, 6) is -0.481. The number of methoxy groups -OCH3 is 1. The Morgan fingerprint density at radius 2 is 2.18 bits per heavy atom. The van der Waals surface area contributed by atoms with Crippen LogP contribution in [0.2, 0.25) is 0 Å². The molecule has 1 aromatic rings. The smallest absolute Gasteiger partial charge is 0.328 e. The number of carbonyl (C=O) groups is 2. The average Bonchev–Trinajstić information content (AvgIpc) is 2.82. The molecule has 0 radical (unpaired) electrons. The van der Waals surface area contributed by atoms with Crippen molar-refractivity contribution >= 4 is 23.2 Å². The van der Waals surface area contributed by atoms with Gasteiger partial charge in [0.25, 0.3) is 5.91 Å². The van der Waals surface area contributed by atoms with Crippen molar-refractivity contribution < 1.29 is 14.3 Å². The molecule has 0 fully saturated rings. The first-order valence-electron chi connectivity index (χ1n) is 5.40. The Labute approximate surface area is 104 Å². The van der Waals surface area contributed by atoms with Crippen molar-refractivity contribution in [2.45, 2.75) is 32.4 Å². The molecule has 0 N–H and O–H groups in total. The molecular formula is C12H15NO3S. The van der Waals surface area contributed by atoms with E-state index in [9.17, 15) is 9.59 Å². The van der Waals surface area contributed by atoms with Gasteiger partial charge >= 0.3 is 5.97 Å². The summed E-state index contributed by atoms with van der Waals surface area (Å²) in [5.41, 5.74) is 0.254. The zero-order chi connectivity index (χ0) is 12.8. The minimum absolute atomic E-state index is 0.0934. The lowest BCUT2D eigenvalue weighted by molar-refractivity contribution is -0.147. The summed E-state index contributed by atoms with van der Waals surface area (Å²) >= 11 is 1.55. The van der Waals surface area contributed by atoms with Crippen LogP contribution in [0.15, 0.2) is 11.4 Å². The van der Waals surface area contributed by atoms with E-state index in [-0.39, 0.29) is 11.9 Å². The summed E-state index contributed by atoms with van der Waals surface area (Å²) < 4.78 is 4.71. The van der Waals surface area contributed by atoms with Gasteiger partial charge < -0.3 is 9.64 Å². The van der Waals surface area contributed by atoms with Crippen LogP contribution in [0.4, 0.5) is 0 Å². The van der Waals surface area contributed by atoms with Crippen LogP contribution in [0.25, 0.3) is 0 Å². The van der Waals surface area contributed by atoms with Crippen LogP contribution in [-0.2, 0) is 15.1 Å². The van der Waals surface area contributed by atoms with Gasteiger partial charge in [0.2, 0.25) is 0 Å². The second kappa shape index (κ2) is 3.84. The van der Waals surface area contributed by atoms with Crippen LogP contribution in [0.3, 0.4) is 0 Å². The summed E-state index contributed by atoms with van der Waals surface area (Å²) in [6.45, 7) is 5.60. The fourth-order valence-electron chi connectivity index (χ4n) is 2.38. The van der Waals surface area contributed by atoms with Gasteiger partial charge in [0.1, 0.15) is 6.04 Å². The number of rotatable bonds is 2. The third-order valence-electron chi connectivity index (χ3n) is 3.20. The van der Waals surface area contributed by atoms with Crippen molar-refractivity contribution in [3.05, 3.63) is 21.9 Å². The Bertz CT molecular complexity index is 478. The van der Waals surface area contributed by atoms with Gasteiger partial charge in [0.05, 0.1) is 18.2 Å². The summed E-state index contributed by atoms with van der Waals surface area (Å²) in [6, 6.07) is 1.25. The number of hydrogen-bond acceptors (Lipinski definition) is 4. The summed E-state index contributed by atoms with van der Waals surface area (Å²) in [7, 11) is 1.34. The molecule has 1 unspecified atom stereocenters. The minimum Gasteiger partial charge on any atom is -0.467 e. The van der Waals surface area contributed by atoms with Crippen molar-refractivity contribution in [1.29, 1.82) is 0 Å². The highest BCUT2D eigenvalue weighted by Crippen LogP contribution is 2.43. The molecule has 1 atom stereocenters. The third-order valence-corrected chi connectivity index (χ3v) is 4.43. The molecule has 0 aromatic carbocycles. The van der Waals surface area contributed by atoms with E-state index in [2.05, 4.69) is 0 Å². The number of hydrogen-bond donors (Lipinski definition) is 0. The lowest BCUT2D eigenvalue weighted by atomic mass is 10.0. The van der Waals surface area contributed by atoms with Gasteiger partial charge in [0.15, 0.2) is 0 Å². The highest BCUT2D eigenvalue weighted by Gasteiger charge is 2.48. The molecule has 92 valence electrons. The van der Waals surface area contributed by atoms with Gasteiger partial charge in [-0.1, -0.05) is 0 Å². The van der Waals surface area contributed by atoms with E-state index in [0.29, 0.717) is 5.56 Å². The maximum absolute atomic E-state index is 12.3. The molecule has 1 aliphatic heterocycles. The number of thiophene rings is 1. The minimum atomic E-state index is -0.568. The first-order valence-corrected chi connectivity index (χ1v) is 6.28. The van der Waals surface area contributed by atoms with Crippen molar-refractivity contribution in [2.75, 3.05) is 7.11 Å². The summed E-state index contributed by atoms with van der Waals surface area (Å²) in [5, 5.41) is 1.91. The van der Waals surface area contributed by atoms with E-state index in [1.165, 1.54) is 7.11 Å². The predicted octanol–water partition coefficient (Wildman–Crippen LogP) is 2.00. The predicted molar refractivity (Wildman–Crippen MR) is 65.0 cm³/mol. The average molecular weight is 253 g/mol. The lowest BCUT2D eigenvalue weighted by Crippen LogP contribution is -2.49. The van der Waals surface area contributed by atoms with Gasteiger partial charge in [-0.05, 0) is 32.2 Å². The number of amides is 1. The lowest BCUT2D eigenvalue weighted by Gasteiger charge is -2.35. The molecule has 0 aliphatic carbocycles. The molecule has 5 heteroatoms. The molecule has 1 aromatic heterocycles. The summed E-state index contributed by atoms with van der Waals surface area (Å²) in [4.78, 5) is 26.5. The molecule has 0 bridgehead atoms. The first kappa shape index (κ1) is 12.1. The van der Waals surface area contributed by atoms with Crippen LogP contribution in [0.1, 0.15) is 36.0 Å². The highest BCUT2D eigenvalue weighted by molar-refractivity contribution is 7.10. The van der Waals surface area contributed by atoms with E-state index in [1.54, 1.807) is 23.2 Å². The molecule has 1 aliphatic rings. The fraction of sp³-hybridized carbons (Fsp3) is 0.500. The third kappa shape index (κ3) is 1.57. The molecule has 4 nitrogen and oxygen atoms in total. The van der Waals surface area contributed by atoms with Crippen molar-refractivity contribution in [3.8, 4) is 0 Å². The van der Waals surface area contributed by atoms with Gasteiger partial charge in [0, 0.05) is 4.88 Å². The molecule has 0 spiro atoms. The fourth-order valence-corrected chi connectivity index (χ4v) is 3.39. The number of esters is 1. The van der Waals surface area contributed by atoms with Crippen LogP contribution in [0.5, 0.6) is 0 Å². The quantitative estimate of drug-likeness (QED) is 0.757. The van der Waals surface area contributed by atoms with Gasteiger partial charge in [-0.15, -0.1) is 11.3 Å². The van der Waals surface area contributed by atoms with Crippen LogP contribution in [0, 0.1) is 0 Å². The van der Waals surface area contributed by atoms with E-state index in [4.69, 9.17) is 4.74 Å². The summed E-state index contributed by atoms with van der Waals surface area (Å²) in [6.07, 6.45) is 0. The van der Waals surface area contributed by atoms with E-state index in [0.717, 1.165) is 4.88 Å². The largest absolute Gasteiger partial charge is 0.467 e. The van der Waals surface area contributed by atoms with Gasteiger partial charge in [-0.2, -0.15) is 0 Å². The van der Waals surface area contributed by atoms with E-state index < -0.39 is 11.6 Å². The molecular weight excluding hydrogens is 238 g/mol. The van der Waals surface area contributed by atoms with Crippen LogP contribution >= 0.6 is 11.3 Å².